The molecular formula is C17H21N3O2. The predicted octanol–water partition coefficient (Wildman–Crippen LogP) is 1.85. The average Bonchev–Trinajstić information content (AvgIpc) is 3.19. The molecule has 3 rings (SSSR count). The second-order valence-corrected chi connectivity index (χ2v) is 5.97. The van der Waals surface area contributed by atoms with Crippen molar-refractivity contribution in [2.24, 2.45) is 0 Å². The molecule has 2 aromatic rings. The van der Waals surface area contributed by atoms with Crippen LogP contribution in [0.15, 0.2) is 43.0 Å². The maximum Gasteiger partial charge on any atom is 0.252 e. The number of nitrogens with zero attached hydrogens (tertiary/aromatic N) is 2. The highest BCUT2D eigenvalue weighted by atomic mass is 16.3. The number of aromatic nitrogens is 2. The van der Waals surface area contributed by atoms with Crippen molar-refractivity contribution in [3.63, 3.8) is 0 Å². The maximum absolute atomic E-state index is 12.0. The van der Waals surface area contributed by atoms with Gasteiger partial charge in [-0.1, -0.05) is 24.3 Å². The summed E-state index contributed by atoms with van der Waals surface area (Å²) in [7, 11) is 0. The zero-order chi connectivity index (χ0) is 15.4. The van der Waals surface area contributed by atoms with Crippen LogP contribution in [-0.4, -0.2) is 26.2 Å². The molecule has 0 unspecified atom stereocenters. The molecule has 2 N–H and O–H groups in total. The SMILES string of the molecule is O=C(NCc1ccc(Cn2ccnc2)cc1)C1(O)CCCC1. The van der Waals surface area contributed by atoms with Gasteiger partial charge in [-0.15, -0.1) is 0 Å². The summed E-state index contributed by atoms with van der Waals surface area (Å²) in [5, 5.41) is 13.0. The molecule has 0 bridgehead atoms. The molecule has 116 valence electrons. The van der Waals surface area contributed by atoms with Crippen molar-refractivity contribution in [2.75, 3.05) is 0 Å². The lowest BCUT2D eigenvalue weighted by molar-refractivity contribution is -0.139. The Hall–Kier alpha value is -2.14. The smallest absolute Gasteiger partial charge is 0.252 e. The van der Waals surface area contributed by atoms with Crippen LogP contribution < -0.4 is 5.32 Å². The van der Waals surface area contributed by atoms with E-state index in [4.69, 9.17) is 0 Å². The largest absolute Gasteiger partial charge is 0.380 e. The second-order valence-electron chi connectivity index (χ2n) is 5.97. The first-order valence-electron chi connectivity index (χ1n) is 7.70. The topological polar surface area (TPSA) is 67.2 Å². The lowest BCUT2D eigenvalue weighted by Gasteiger charge is -2.20. The highest BCUT2D eigenvalue weighted by molar-refractivity contribution is 5.85. The number of amides is 1. The summed E-state index contributed by atoms with van der Waals surface area (Å²) in [5.41, 5.74) is 1.06. The standard InChI is InChI=1S/C17H21N3O2/c21-16(17(22)7-1-2-8-17)19-11-14-3-5-15(6-4-14)12-20-10-9-18-13-20/h3-6,9-10,13,22H,1-2,7-8,11-12H2,(H,19,21). The molecule has 1 amide bonds. The molecule has 1 fully saturated rings. The minimum atomic E-state index is -1.15. The van der Waals surface area contributed by atoms with Crippen LogP contribution in [-0.2, 0) is 17.9 Å². The van der Waals surface area contributed by atoms with Gasteiger partial charge in [0.15, 0.2) is 0 Å². The molecule has 1 heterocycles. The zero-order valence-electron chi connectivity index (χ0n) is 12.5. The summed E-state index contributed by atoms with van der Waals surface area (Å²) in [6.45, 7) is 1.24. The van der Waals surface area contributed by atoms with Gasteiger partial charge in [-0.25, -0.2) is 4.98 Å². The third-order valence-corrected chi connectivity index (χ3v) is 4.25. The molecule has 0 atom stereocenters. The number of nitrogens with one attached hydrogen (secondary N) is 1. The van der Waals surface area contributed by atoms with Gasteiger partial charge in [-0.05, 0) is 36.8 Å². The third kappa shape index (κ3) is 3.36. The molecule has 5 nitrogen and oxygen atoms in total. The molecule has 0 radical (unpaired) electrons. The van der Waals surface area contributed by atoms with E-state index in [1.54, 1.807) is 12.5 Å². The van der Waals surface area contributed by atoms with E-state index in [9.17, 15) is 9.90 Å². The molecule has 0 saturated heterocycles. The highest BCUT2D eigenvalue weighted by Crippen LogP contribution is 2.29. The summed E-state index contributed by atoms with van der Waals surface area (Å²) in [4.78, 5) is 16.1. The average molecular weight is 299 g/mol. The number of hydrogen-bond acceptors (Lipinski definition) is 3. The Morgan fingerprint density at radius 1 is 1.23 bits per heavy atom. The van der Waals surface area contributed by atoms with Gasteiger partial charge in [-0.2, -0.15) is 0 Å². The van der Waals surface area contributed by atoms with Gasteiger partial charge >= 0.3 is 0 Å². The van der Waals surface area contributed by atoms with Crippen LogP contribution in [0.2, 0.25) is 0 Å². The summed E-state index contributed by atoms with van der Waals surface area (Å²) in [5.74, 6) is -0.243. The van der Waals surface area contributed by atoms with E-state index in [1.165, 1.54) is 5.56 Å². The van der Waals surface area contributed by atoms with Crippen molar-refractivity contribution in [1.82, 2.24) is 14.9 Å². The number of hydrogen-bond donors (Lipinski definition) is 2. The van der Waals surface area contributed by atoms with E-state index in [-0.39, 0.29) is 5.91 Å². The molecule has 1 aliphatic rings. The predicted molar refractivity (Wildman–Crippen MR) is 83.0 cm³/mol. The molecule has 1 aromatic carbocycles. The fourth-order valence-corrected chi connectivity index (χ4v) is 2.89. The van der Waals surface area contributed by atoms with Crippen LogP contribution >= 0.6 is 0 Å². The number of carbonyl (C=O) groups is 1. The molecular weight excluding hydrogens is 278 g/mol. The third-order valence-electron chi connectivity index (χ3n) is 4.25. The van der Waals surface area contributed by atoms with Gasteiger partial charge in [0.2, 0.25) is 0 Å². The first-order chi connectivity index (χ1) is 10.7. The number of rotatable bonds is 5. The van der Waals surface area contributed by atoms with Crippen molar-refractivity contribution < 1.29 is 9.90 Å². The summed E-state index contributed by atoms with van der Waals surface area (Å²) < 4.78 is 2.01. The van der Waals surface area contributed by atoms with Crippen LogP contribution in [0, 0.1) is 0 Å². The monoisotopic (exact) mass is 299 g/mol. The number of carbonyl (C=O) groups excluding carboxylic acids is 1. The van der Waals surface area contributed by atoms with Crippen LogP contribution in [0.4, 0.5) is 0 Å². The summed E-state index contributed by atoms with van der Waals surface area (Å²) in [6.07, 6.45) is 8.47. The van der Waals surface area contributed by atoms with Crippen LogP contribution in [0.3, 0.4) is 0 Å². The molecule has 22 heavy (non-hydrogen) atoms. The van der Waals surface area contributed by atoms with Crippen molar-refractivity contribution in [2.45, 2.75) is 44.4 Å². The van der Waals surface area contributed by atoms with Crippen molar-refractivity contribution in [3.8, 4) is 0 Å². The summed E-state index contributed by atoms with van der Waals surface area (Å²) >= 11 is 0. The van der Waals surface area contributed by atoms with Gasteiger partial charge in [0.05, 0.1) is 6.33 Å². The molecule has 0 aliphatic heterocycles. The van der Waals surface area contributed by atoms with Crippen LogP contribution in [0.25, 0.3) is 0 Å². The second kappa shape index (κ2) is 6.32. The van der Waals surface area contributed by atoms with Gasteiger partial charge < -0.3 is 15.0 Å². The van der Waals surface area contributed by atoms with Crippen molar-refractivity contribution in [3.05, 3.63) is 54.1 Å². The van der Waals surface area contributed by atoms with Gasteiger partial charge in [0.1, 0.15) is 5.60 Å². The number of aliphatic hydroxyl groups is 1. The minimum absolute atomic E-state index is 0.243. The fourth-order valence-electron chi connectivity index (χ4n) is 2.89. The Bertz CT molecular complexity index is 614. The minimum Gasteiger partial charge on any atom is -0.380 e. The Morgan fingerprint density at radius 3 is 2.55 bits per heavy atom. The molecule has 1 aromatic heterocycles. The first kappa shape index (κ1) is 14.8. The lowest BCUT2D eigenvalue weighted by Crippen LogP contribution is -2.44. The maximum atomic E-state index is 12.0. The Morgan fingerprint density at radius 2 is 1.91 bits per heavy atom. The Kier molecular flexibility index (Phi) is 4.24. The van der Waals surface area contributed by atoms with E-state index in [0.29, 0.717) is 19.4 Å². The molecule has 1 aliphatic carbocycles. The van der Waals surface area contributed by atoms with E-state index in [2.05, 4.69) is 10.3 Å². The normalized spacial score (nSPS) is 16.6. The number of imidazole rings is 1. The van der Waals surface area contributed by atoms with Crippen molar-refractivity contribution >= 4 is 5.91 Å². The number of benzene rings is 1. The lowest BCUT2D eigenvalue weighted by atomic mass is 10.0. The summed E-state index contributed by atoms with van der Waals surface area (Å²) in [6, 6.07) is 8.11. The molecule has 5 heteroatoms. The Labute approximate surface area is 130 Å². The quantitative estimate of drug-likeness (QED) is 0.885. The zero-order valence-corrected chi connectivity index (χ0v) is 12.5. The van der Waals surface area contributed by atoms with Crippen LogP contribution in [0.5, 0.6) is 0 Å². The van der Waals surface area contributed by atoms with E-state index >= 15 is 0 Å². The van der Waals surface area contributed by atoms with Crippen LogP contribution in [0.1, 0.15) is 36.8 Å². The first-order valence-corrected chi connectivity index (χ1v) is 7.70. The van der Waals surface area contributed by atoms with Gasteiger partial charge in [0, 0.05) is 25.5 Å². The van der Waals surface area contributed by atoms with E-state index in [1.807, 2.05) is 35.0 Å². The van der Waals surface area contributed by atoms with Gasteiger partial charge in [-0.3, -0.25) is 4.79 Å². The Balaban J connectivity index is 1.54. The van der Waals surface area contributed by atoms with E-state index < -0.39 is 5.60 Å². The van der Waals surface area contributed by atoms with Gasteiger partial charge in [0.25, 0.3) is 5.91 Å². The fraction of sp³-hybridized carbons (Fsp3) is 0.412. The van der Waals surface area contributed by atoms with Crippen molar-refractivity contribution in [1.29, 1.82) is 0 Å². The highest BCUT2D eigenvalue weighted by Gasteiger charge is 2.38. The molecule has 1 saturated carbocycles. The molecule has 0 spiro atoms. The van der Waals surface area contributed by atoms with E-state index in [0.717, 1.165) is 24.9 Å².